The van der Waals surface area contributed by atoms with Crippen LogP contribution in [-0.2, 0) is 4.79 Å². The van der Waals surface area contributed by atoms with E-state index in [1.165, 1.54) is 0 Å². The molecule has 112 valence electrons. The van der Waals surface area contributed by atoms with E-state index in [2.05, 4.69) is 12.2 Å². The highest BCUT2D eigenvalue weighted by Crippen LogP contribution is 2.24. The van der Waals surface area contributed by atoms with Crippen LogP contribution < -0.4 is 5.32 Å². The summed E-state index contributed by atoms with van der Waals surface area (Å²) in [5.41, 5.74) is 0.737. The van der Waals surface area contributed by atoms with Crippen molar-refractivity contribution in [3.8, 4) is 0 Å². The third-order valence-corrected chi connectivity index (χ3v) is 3.67. The molecule has 0 aliphatic carbocycles. The first-order valence-corrected chi connectivity index (χ1v) is 7.32. The van der Waals surface area contributed by atoms with E-state index >= 15 is 0 Å². The molecule has 0 saturated heterocycles. The van der Waals surface area contributed by atoms with E-state index in [1.54, 1.807) is 31.2 Å². The average molecular weight is 288 g/mol. The molecule has 1 heterocycles. The van der Waals surface area contributed by atoms with E-state index in [4.69, 9.17) is 0 Å². The fourth-order valence-electron chi connectivity index (χ4n) is 2.41. The van der Waals surface area contributed by atoms with Crippen LogP contribution >= 0.6 is 0 Å². The molecule has 1 unspecified atom stereocenters. The SMILES string of the molecule is CCCCCNC(=O)C(C)N1C(=O)c2ccccc2C1=O. The van der Waals surface area contributed by atoms with E-state index < -0.39 is 17.9 Å². The maximum Gasteiger partial charge on any atom is 0.262 e. The molecular weight excluding hydrogens is 268 g/mol. The number of hydrogen-bond donors (Lipinski definition) is 1. The van der Waals surface area contributed by atoms with Crippen LogP contribution in [0.4, 0.5) is 0 Å². The van der Waals surface area contributed by atoms with Gasteiger partial charge in [0.15, 0.2) is 0 Å². The number of rotatable bonds is 6. The molecule has 21 heavy (non-hydrogen) atoms. The number of fused-ring (bicyclic) bond motifs is 1. The van der Waals surface area contributed by atoms with Gasteiger partial charge in [0, 0.05) is 6.54 Å². The van der Waals surface area contributed by atoms with Crippen molar-refractivity contribution in [3.05, 3.63) is 35.4 Å². The van der Waals surface area contributed by atoms with Crippen LogP contribution in [0.3, 0.4) is 0 Å². The third-order valence-electron chi connectivity index (χ3n) is 3.67. The zero-order valence-electron chi connectivity index (χ0n) is 12.4. The largest absolute Gasteiger partial charge is 0.354 e. The quantitative estimate of drug-likeness (QED) is 0.643. The third kappa shape index (κ3) is 2.96. The topological polar surface area (TPSA) is 66.5 Å². The minimum Gasteiger partial charge on any atom is -0.354 e. The zero-order valence-corrected chi connectivity index (χ0v) is 12.4. The molecule has 5 heteroatoms. The van der Waals surface area contributed by atoms with Crippen molar-refractivity contribution in [2.45, 2.75) is 39.2 Å². The summed E-state index contributed by atoms with van der Waals surface area (Å²) < 4.78 is 0. The smallest absolute Gasteiger partial charge is 0.262 e. The van der Waals surface area contributed by atoms with Gasteiger partial charge in [-0.2, -0.15) is 0 Å². The van der Waals surface area contributed by atoms with Gasteiger partial charge in [-0.15, -0.1) is 0 Å². The van der Waals surface area contributed by atoms with E-state index in [1.807, 2.05) is 0 Å². The van der Waals surface area contributed by atoms with Gasteiger partial charge in [-0.25, -0.2) is 0 Å². The first-order chi connectivity index (χ1) is 10.1. The zero-order chi connectivity index (χ0) is 15.4. The number of hydrogen-bond acceptors (Lipinski definition) is 3. The lowest BCUT2D eigenvalue weighted by atomic mass is 10.1. The summed E-state index contributed by atoms with van der Waals surface area (Å²) in [6.07, 6.45) is 3.02. The highest BCUT2D eigenvalue weighted by Gasteiger charge is 2.40. The predicted octanol–water partition coefficient (Wildman–Crippen LogP) is 1.98. The van der Waals surface area contributed by atoms with E-state index in [9.17, 15) is 14.4 Å². The van der Waals surface area contributed by atoms with Crippen LogP contribution in [0.1, 0.15) is 53.8 Å². The highest BCUT2D eigenvalue weighted by atomic mass is 16.2. The molecule has 0 aromatic heterocycles. The Morgan fingerprint density at radius 1 is 1.14 bits per heavy atom. The van der Waals surface area contributed by atoms with Gasteiger partial charge < -0.3 is 5.32 Å². The predicted molar refractivity (Wildman–Crippen MR) is 78.9 cm³/mol. The Morgan fingerprint density at radius 3 is 2.24 bits per heavy atom. The normalized spacial score (nSPS) is 15.0. The number of amides is 3. The molecule has 3 amide bonds. The summed E-state index contributed by atoms with van der Waals surface area (Å²) in [5.74, 6) is -1.08. The van der Waals surface area contributed by atoms with Crippen molar-refractivity contribution in [1.29, 1.82) is 0 Å². The maximum absolute atomic E-state index is 12.3. The van der Waals surface area contributed by atoms with E-state index in [0.717, 1.165) is 24.2 Å². The summed E-state index contributed by atoms with van der Waals surface area (Å²) in [6, 6.07) is 5.86. The number of unbranched alkanes of at least 4 members (excludes halogenated alkanes) is 2. The van der Waals surface area contributed by atoms with Crippen LogP contribution in [0.25, 0.3) is 0 Å². The molecule has 5 nitrogen and oxygen atoms in total. The molecular formula is C16H20N2O3. The van der Waals surface area contributed by atoms with Crippen LogP contribution in [0.5, 0.6) is 0 Å². The second kappa shape index (κ2) is 6.52. The Morgan fingerprint density at radius 2 is 1.71 bits per heavy atom. The summed E-state index contributed by atoms with van der Waals surface area (Å²) >= 11 is 0. The second-order valence-electron chi connectivity index (χ2n) is 5.20. The fraction of sp³-hybridized carbons (Fsp3) is 0.438. The molecule has 1 aromatic rings. The number of nitrogens with zero attached hydrogens (tertiary/aromatic N) is 1. The first-order valence-electron chi connectivity index (χ1n) is 7.32. The van der Waals surface area contributed by atoms with E-state index in [-0.39, 0.29) is 5.91 Å². The van der Waals surface area contributed by atoms with Gasteiger partial charge in [-0.1, -0.05) is 31.9 Å². The van der Waals surface area contributed by atoms with Crippen molar-refractivity contribution in [2.75, 3.05) is 6.54 Å². The molecule has 2 rings (SSSR count). The van der Waals surface area contributed by atoms with Crippen molar-refractivity contribution >= 4 is 17.7 Å². The Kier molecular flexibility index (Phi) is 4.73. The summed E-state index contributed by atoms with van der Waals surface area (Å²) in [5, 5.41) is 2.78. The van der Waals surface area contributed by atoms with Crippen molar-refractivity contribution in [2.24, 2.45) is 0 Å². The number of imide groups is 1. The van der Waals surface area contributed by atoms with Crippen LogP contribution in [-0.4, -0.2) is 35.2 Å². The molecule has 0 bridgehead atoms. The van der Waals surface area contributed by atoms with Crippen molar-refractivity contribution < 1.29 is 14.4 Å². The van der Waals surface area contributed by atoms with Gasteiger partial charge in [-0.05, 0) is 25.5 Å². The van der Waals surface area contributed by atoms with Gasteiger partial charge in [0.1, 0.15) is 6.04 Å². The number of carbonyl (C=O) groups excluding carboxylic acids is 3. The first kappa shape index (κ1) is 15.2. The van der Waals surface area contributed by atoms with Gasteiger partial charge in [0.2, 0.25) is 5.91 Å². The Labute approximate surface area is 124 Å². The molecule has 0 spiro atoms. The molecule has 0 radical (unpaired) electrons. The molecule has 0 fully saturated rings. The van der Waals surface area contributed by atoms with E-state index in [0.29, 0.717) is 17.7 Å². The fourth-order valence-corrected chi connectivity index (χ4v) is 2.41. The number of benzene rings is 1. The lowest BCUT2D eigenvalue weighted by Gasteiger charge is -2.21. The van der Waals surface area contributed by atoms with Crippen LogP contribution in [0.2, 0.25) is 0 Å². The molecule has 0 saturated carbocycles. The second-order valence-corrected chi connectivity index (χ2v) is 5.20. The highest BCUT2D eigenvalue weighted by molar-refractivity contribution is 6.22. The summed E-state index contributed by atoms with van der Waals surface area (Å²) in [7, 11) is 0. The van der Waals surface area contributed by atoms with Crippen molar-refractivity contribution in [3.63, 3.8) is 0 Å². The number of nitrogens with one attached hydrogen (secondary N) is 1. The van der Waals surface area contributed by atoms with Crippen molar-refractivity contribution in [1.82, 2.24) is 10.2 Å². The summed E-state index contributed by atoms with van der Waals surface area (Å²) in [6.45, 7) is 4.24. The minimum absolute atomic E-state index is 0.291. The van der Waals surface area contributed by atoms with Crippen LogP contribution in [0.15, 0.2) is 24.3 Å². The lowest BCUT2D eigenvalue weighted by molar-refractivity contribution is -0.124. The van der Waals surface area contributed by atoms with Gasteiger partial charge in [-0.3, -0.25) is 19.3 Å². The molecule has 1 atom stereocenters. The Balaban J connectivity index is 2.04. The molecule has 1 aliphatic rings. The number of carbonyl (C=O) groups is 3. The maximum atomic E-state index is 12.3. The molecule has 1 aromatic carbocycles. The van der Waals surface area contributed by atoms with Gasteiger partial charge in [0.05, 0.1) is 11.1 Å². The Hall–Kier alpha value is -2.17. The van der Waals surface area contributed by atoms with Gasteiger partial charge in [0.25, 0.3) is 11.8 Å². The van der Waals surface area contributed by atoms with Crippen LogP contribution in [0, 0.1) is 0 Å². The standard InChI is InChI=1S/C16H20N2O3/c1-3-4-7-10-17-14(19)11(2)18-15(20)12-8-5-6-9-13(12)16(18)21/h5-6,8-9,11H,3-4,7,10H2,1-2H3,(H,17,19). The average Bonchev–Trinajstić information content (AvgIpc) is 2.75. The monoisotopic (exact) mass is 288 g/mol. The van der Waals surface area contributed by atoms with Gasteiger partial charge >= 0.3 is 0 Å². The molecule has 1 aliphatic heterocycles. The lowest BCUT2D eigenvalue weighted by Crippen LogP contribution is -2.48. The molecule has 1 N–H and O–H groups in total. The minimum atomic E-state index is -0.793. The summed E-state index contributed by atoms with van der Waals surface area (Å²) in [4.78, 5) is 37.6. The Bertz CT molecular complexity index is 533.